The van der Waals surface area contributed by atoms with E-state index in [1.807, 2.05) is 27.8 Å². The molecule has 2 heterocycles. The van der Waals surface area contributed by atoms with E-state index in [1.165, 1.54) is 11.1 Å². The number of carbonyl (C=O) groups is 1. The molecule has 0 unspecified atom stereocenters. The number of benzene rings is 3. The first kappa shape index (κ1) is 23.0. The molecule has 35 heavy (non-hydrogen) atoms. The first-order valence-corrected chi connectivity index (χ1v) is 12.6. The number of piperidine rings is 1. The van der Waals surface area contributed by atoms with E-state index < -0.39 is 0 Å². The Kier molecular flexibility index (Phi) is 7.03. The molecule has 1 amide bonds. The number of rotatable bonds is 7. The average molecular weight is 465 g/mol. The van der Waals surface area contributed by atoms with Gasteiger partial charge in [-0.25, -0.2) is 9.67 Å². The van der Waals surface area contributed by atoms with Gasteiger partial charge in [0.15, 0.2) is 0 Å². The van der Waals surface area contributed by atoms with E-state index in [0.717, 1.165) is 62.3 Å². The van der Waals surface area contributed by atoms with Crippen LogP contribution < -0.4 is 0 Å². The molecule has 0 atom stereocenters. The minimum atomic E-state index is -0.0597. The fourth-order valence-corrected chi connectivity index (χ4v) is 4.89. The molecule has 5 nitrogen and oxygen atoms in total. The third-order valence-electron chi connectivity index (χ3n) is 6.86. The summed E-state index contributed by atoms with van der Waals surface area (Å²) in [6, 6.07) is 29.2. The SMILES string of the molecule is Cc1cccc(-n2nc(C(=O)N3CCC(Cc4ccccc4)CC3)nc2CCc2ccccc2)c1. The van der Waals surface area contributed by atoms with Crippen LogP contribution in [0.15, 0.2) is 84.9 Å². The van der Waals surface area contributed by atoms with Crippen molar-refractivity contribution in [3.63, 3.8) is 0 Å². The van der Waals surface area contributed by atoms with Crippen LogP contribution in [-0.4, -0.2) is 38.7 Å². The third-order valence-corrected chi connectivity index (χ3v) is 6.86. The van der Waals surface area contributed by atoms with Crippen LogP contribution in [0, 0.1) is 12.8 Å². The van der Waals surface area contributed by atoms with Crippen molar-refractivity contribution in [3.8, 4) is 5.69 Å². The third kappa shape index (κ3) is 5.68. The lowest BCUT2D eigenvalue weighted by atomic mass is 9.90. The van der Waals surface area contributed by atoms with Gasteiger partial charge >= 0.3 is 0 Å². The quantitative estimate of drug-likeness (QED) is 0.365. The highest BCUT2D eigenvalue weighted by molar-refractivity contribution is 5.90. The van der Waals surface area contributed by atoms with Crippen LogP contribution in [0.1, 0.15) is 46.0 Å². The molecule has 0 saturated carbocycles. The summed E-state index contributed by atoms with van der Waals surface area (Å²) in [4.78, 5) is 20.1. The Morgan fingerprint density at radius 2 is 1.54 bits per heavy atom. The summed E-state index contributed by atoms with van der Waals surface area (Å²) in [5.74, 6) is 1.68. The Morgan fingerprint density at radius 1 is 0.857 bits per heavy atom. The Morgan fingerprint density at radius 3 is 2.23 bits per heavy atom. The first-order chi connectivity index (χ1) is 17.2. The molecule has 1 saturated heterocycles. The number of aryl methyl sites for hydroxylation is 3. The fraction of sp³-hybridized carbons (Fsp3) is 0.300. The summed E-state index contributed by atoms with van der Waals surface area (Å²) in [5, 5.41) is 4.71. The smallest absolute Gasteiger partial charge is 0.293 e. The van der Waals surface area contributed by atoms with Gasteiger partial charge in [-0.05, 0) is 67.3 Å². The zero-order valence-electron chi connectivity index (χ0n) is 20.3. The lowest BCUT2D eigenvalue weighted by molar-refractivity contribution is 0.0678. The van der Waals surface area contributed by atoms with E-state index in [1.54, 1.807) is 0 Å². The number of aromatic nitrogens is 3. The zero-order chi connectivity index (χ0) is 24.0. The second-order valence-electron chi connectivity index (χ2n) is 9.51. The highest BCUT2D eigenvalue weighted by Gasteiger charge is 2.27. The second-order valence-corrected chi connectivity index (χ2v) is 9.51. The maximum Gasteiger partial charge on any atom is 0.293 e. The van der Waals surface area contributed by atoms with E-state index in [0.29, 0.717) is 11.7 Å². The fourth-order valence-electron chi connectivity index (χ4n) is 4.89. The number of nitrogens with zero attached hydrogens (tertiary/aromatic N) is 4. The number of hydrogen-bond acceptors (Lipinski definition) is 3. The van der Waals surface area contributed by atoms with Crippen molar-refractivity contribution < 1.29 is 4.79 Å². The summed E-state index contributed by atoms with van der Waals surface area (Å²) in [6.07, 6.45) is 4.67. The standard InChI is InChI=1S/C30H32N4O/c1-23-9-8-14-27(21-23)34-28(16-15-24-10-4-2-5-11-24)31-29(32-34)30(35)33-19-17-26(18-20-33)22-25-12-6-3-7-13-25/h2-14,21,26H,15-20,22H2,1H3. The molecule has 3 aromatic carbocycles. The summed E-state index contributed by atoms with van der Waals surface area (Å²) in [5.41, 5.74) is 4.72. The van der Waals surface area contributed by atoms with Crippen LogP contribution >= 0.6 is 0 Å². The van der Waals surface area contributed by atoms with Gasteiger partial charge in [0.2, 0.25) is 5.82 Å². The molecule has 0 N–H and O–H groups in total. The van der Waals surface area contributed by atoms with Crippen molar-refractivity contribution in [1.29, 1.82) is 0 Å². The average Bonchev–Trinajstić information content (AvgIpc) is 3.33. The highest BCUT2D eigenvalue weighted by Crippen LogP contribution is 2.23. The van der Waals surface area contributed by atoms with E-state index in [9.17, 15) is 4.79 Å². The van der Waals surface area contributed by atoms with Crippen LogP contribution in [0.3, 0.4) is 0 Å². The minimum absolute atomic E-state index is 0.0597. The van der Waals surface area contributed by atoms with Gasteiger partial charge in [-0.3, -0.25) is 4.79 Å². The lowest BCUT2D eigenvalue weighted by Crippen LogP contribution is -2.39. The molecule has 4 aromatic rings. The second kappa shape index (κ2) is 10.7. The molecule has 1 aliphatic heterocycles. The maximum absolute atomic E-state index is 13.4. The number of amides is 1. The topological polar surface area (TPSA) is 51.0 Å². The maximum atomic E-state index is 13.4. The van der Waals surface area contributed by atoms with Gasteiger partial charge in [-0.15, -0.1) is 5.10 Å². The number of carbonyl (C=O) groups excluding carboxylic acids is 1. The number of likely N-dealkylation sites (tertiary alicyclic amines) is 1. The molecule has 0 radical (unpaired) electrons. The van der Waals surface area contributed by atoms with Crippen molar-refractivity contribution in [1.82, 2.24) is 19.7 Å². The van der Waals surface area contributed by atoms with Gasteiger partial charge in [-0.1, -0.05) is 72.8 Å². The zero-order valence-corrected chi connectivity index (χ0v) is 20.3. The van der Waals surface area contributed by atoms with Gasteiger partial charge in [0.05, 0.1) is 5.69 Å². The molecule has 1 aromatic heterocycles. The largest absolute Gasteiger partial charge is 0.336 e. The van der Waals surface area contributed by atoms with Gasteiger partial charge in [0.1, 0.15) is 5.82 Å². The number of hydrogen-bond donors (Lipinski definition) is 0. The molecule has 1 fully saturated rings. The summed E-state index contributed by atoms with van der Waals surface area (Å²) >= 11 is 0. The lowest BCUT2D eigenvalue weighted by Gasteiger charge is -2.31. The van der Waals surface area contributed by atoms with E-state index in [2.05, 4.69) is 73.7 Å². The van der Waals surface area contributed by atoms with Crippen LogP contribution in [0.2, 0.25) is 0 Å². The molecular weight excluding hydrogens is 432 g/mol. The molecule has 1 aliphatic rings. The Balaban J connectivity index is 1.31. The van der Waals surface area contributed by atoms with Crippen LogP contribution in [-0.2, 0) is 19.3 Å². The summed E-state index contributed by atoms with van der Waals surface area (Å²) in [7, 11) is 0. The summed E-state index contributed by atoms with van der Waals surface area (Å²) < 4.78 is 1.85. The molecule has 5 rings (SSSR count). The predicted octanol–water partition coefficient (Wildman–Crippen LogP) is 5.46. The van der Waals surface area contributed by atoms with Gasteiger partial charge in [0.25, 0.3) is 5.91 Å². The summed E-state index contributed by atoms with van der Waals surface area (Å²) in [6.45, 7) is 3.58. The van der Waals surface area contributed by atoms with Crippen molar-refractivity contribution in [2.75, 3.05) is 13.1 Å². The van der Waals surface area contributed by atoms with Crippen molar-refractivity contribution in [2.24, 2.45) is 5.92 Å². The Labute approximate surface area is 207 Å². The minimum Gasteiger partial charge on any atom is -0.336 e. The Hall–Kier alpha value is -3.73. The molecule has 5 heteroatoms. The normalized spacial score (nSPS) is 14.3. The van der Waals surface area contributed by atoms with Gasteiger partial charge in [0, 0.05) is 19.5 Å². The molecular formula is C30H32N4O. The molecule has 0 spiro atoms. The highest BCUT2D eigenvalue weighted by atomic mass is 16.2. The predicted molar refractivity (Wildman–Crippen MR) is 139 cm³/mol. The Bertz CT molecular complexity index is 1260. The van der Waals surface area contributed by atoms with Crippen molar-refractivity contribution in [2.45, 2.75) is 39.0 Å². The van der Waals surface area contributed by atoms with Gasteiger partial charge in [-0.2, -0.15) is 0 Å². The molecule has 0 bridgehead atoms. The van der Waals surface area contributed by atoms with E-state index in [4.69, 9.17) is 10.1 Å². The monoisotopic (exact) mass is 464 g/mol. The van der Waals surface area contributed by atoms with Crippen LogP contribution in [0.25, 0.3) is 5.69 Å². The first-order valence-electron chi connectivity index (χ1n) is 12.6. The van der Waals surface area contributed by atoms with E-state index in [-0.39, 0.29) is 5.91 Å². The van der Waals surface area contributed by atoms with Crippen molar-refractivity contribution in [3.05, 3.63) is 113 Å². The molecule has 178 valence electrons. The molecule has 0 aliphatic carbocycles. The van der Waals surface area contributed by atoms with Crippen molar-refractivity contribution >= 4 is 5.91 Å². The van der Waals surface area contributed by atoms with Crippen LogP contribution in [0.5, 0.6) is 0 Å². The van der Waals surface area contributed by atoms with Gasteiger partial charge < -0.3 is 4.90 Å². The van der Waals surface area contributed by atoms with Crippen LogP contribution in [0.4, 0.5) is 0 Å². The van der Waals surface area contributed by atoms with E-state index >= 15 is 0 Å².